The van der Waals surface area contributed by atoms with E-state index in [9.17, 15) is 8.42 Å². The van der Waals surface area contributed by atoms with Crippen LogP contribution in [0.5, 0.6) is 0 Å². The van der Waals surface area contributed by atoms with Gasteiger partial charge in [-0.05, 0) is 18.6 Å². The van der Waals surface area contributed by atoms with Crippen molar-refractivity contribution in [3.05, 3.63) is 54.6 Å². The zero-order chi connectivity index (χ0) is 15.6. The van der Waals surface area contributed by atoms with Gasteiger partial charge in [-0.25, -0.2) is 8.42 Å². The minimum absolute atomic E-state index is 0. The summed E-state index contributed by atoms with van der Waals surface area (Å²) >= 11 is 0. The van der Waals surface area contributed by atoms with E-state index < -0.39 is 10.0 Å². The molecule has 0 radical (unpaired) electrons. The maximum absolute atomic E-state index is 13.1. The zero-order valence-electron chi connectivity index (χ0n) is 13.0. The number of nitrogens with zero attached hydrogens (tertiary/aromatic N) is 1. The average molecular weight is 353 g/mol. The van der Waals surface area contributed by atoms with Crippen molar-refractivity contribution in [2.45, 2.75) is 17.9 Å². The number of nitrogens with one attached hydrogen (secondary N) is 1. The first kappa shape index (κ1) is 17.9. The van der Waals surface area contributed by atoms with Gasteiger partial charge in [-0.3, -0.25) is 0 Å². The summed E-state index contributed by atoms with van der Waals surface area (Å²) in [4.78, 5) is 0.384. The van der Waals surface area contributed by atoms with Gasteiger partial charge >= 0.3 is 0 Å². The monoisotopic (exact) mass is 352 g/mol. The lowest BCUT2D eigenvalue weighted by molar-refractivity contribution is 0.284. The van der Waals surface area contributed by atoms with Crippen molar-refractivity contribution in [2.24, 2.45) is 0 Å². The quantitative estimate of drug-likeness (QED) is 0.924. The van der Waals surface area contributed by atoms with Crippen LogP contribution >= 0.6 is 12.4 Å². The molecule has 124 valence electrons. The molecule has 1 aliphatic heterocycles. The van der Waals surface area contributed by atoms with Crippen LogP contribution in [0.4, 0.5) is 0 Å². The Morgan fingerprint density at radius 2 is 1.70 bits per heavy atom. The molecule has 3 rings (SSSR count). The summed E-state index contributed by atoms with van der Waals surface area (Å²) < 4.78 is 27.8. The molecule has 0 aromatic heterocycles. The highest BCUT2D eigenvalue weighted by Gasteiger charge is 2.32. The molecule has 2 aromatic carbocycles. The van der Waals surface area contributed by atoms with Gasteiger partial charge in [0.2, 0.25) is 10.0 Å². The summed E-state index contributed by atoms with van der Waals surface area (Å²) in [5.74, 6) is 0. The van der Waals surface area contributed by atoms with Crippen LogP contribution in [0.15, 0.2) is 59.5 Å². The van der Waals surface area contributed by atoms with Crippen LogP contribution in [-0.2, 0) is 10.0 Å². The van der Waals surface area contributed by atoms with Crippen LogP contribution in [0.25, 0.3) is 11.1 Å². The van der Waals surface area contributed by atoms with Crippen molar-refractivity contribution in [1.29, 1.82) is 0 Å². The number of benzene rings is 2. The highest BCUT2D eigenvalue weighted by Crippen LogP contribution is 2.30. The average Bonchev–Trinajstić information content (AvgIpc) is 2.56. The van der Waals surface area contributed by atoms with Gasteiger partial charge < -0.3 is 5.32 Å². The molecule has 1 fully saturated rings. The fourth-order valence-electron chi connectivity index (χ4n) is 2.85. The predicted octanol–water partition coefficient (Wildman–Crippen LogP) is 2.76. The third-order valence-electron chi connectivity index (χ3n) is 4.00. The van der Waals surface area contributed by atoms with E-state index in [4.69, 9.17) is 0 Å². The molecule has 0 bridgehead atoms. The molecule has 0 spiro atoms. The van der Waals surface area contributed by atoms with Gasteiger partial charge in [-0.2, -0.15) is 4.31 Å². The van der Waals surface area contributed by atoms with E-state index in [1.54, 1.807) is 16.4 Å². The molecular formula is C17H21ClN2O2S. The largest absolute Gasteiger partial charge is 0.314 e. The Morgan fingerprint density at radius 1 is 1.04 bits per heavy atom. The minimum atomic E-state index is -3.50. The molecule has 1 N–H and O–H groups in total. The number of sulfonamides is 1. The van der Waals surface area contributed by atoms with Gasteiger partial charge in [0, 0.05) is 31.2 Å². The number of rotatable bonds is 3. The van der Waals surface area contributed by atoms with Gasteiger partial charge in [0.25, 0.3) is 0 Å². The van der Waals surface area contributed by atoms with Crippen molar-refractivity contribution < 1.29 is 8.42 Å². The summed E-state index contributed by atoms with van der Waals surface area (Å²) in [6, 6.07) is 16.8. The number of piperazine rings is 1. The Morgan fingerprint density at radius 3 is 2.39 bits per heavy atom. The Hall–Kier alpha value is -1.40. The normalized spacial score (nSPS) is 19.1. The van der Waals surface area contributed by atoms with E-state index >= 15 is 0 Å². The second-order valence-electron chi connectivity index (χ2n) is 5.53. The Kier molecular flexibility index (Phi) is 5.81. The van der Waals surface area contributed by atoms with Gasteiger partial charge in [0.1, 0.15) is 0 Å². The van der Waals surface area contributed by atoms with E-state index in [0.717, 1.165) is 11.1 Å². The molecule has 4 nitrogen and oxygen atoms in total. The van der Waals surface area contributed by atoms with Crippen LogP contribution in [0.2, 0.25) is 0 Å². The molecule has 1 saturated heterocycles. The molecule has 1 atom stereocenters. The highest BCUT2D eigenvalue weighted by atomic mass is 35.5. The molecule has 1 aliphatic rings. The van der Waals surface area contributed by atoms with Crippen LogP contribution in [-0.4, -0.2) is 38.4 Å². The fourth-order valence-corrected chi connectivity index (χ4v) is 4.70. The summed E-state index contributed by atoms with van der Waals surface area (Å²) in [6.07, 6.45) is 0. The van der Waals surface area contributed by atoms with Crippen molar-refractivity contribution >= 4 is 22.4 Å². The Labute approximate surface area is 144 Å². The molecule has 6 heteroatoms. The van der Waals surface area contributed by atoms with E-state index in [1.807, 2.05) is 49.4 Å². The number of hydrogen-bond donors (Lipinski definition) is 1. The molecule has 1 heterocycles. The molecule has 0 saturated carbocycles. The first-order chi connectivity index (χ1) is 10.6. The van der Waals surface area contributed by atoms with Crippen molar-refractivity contribution in [3.63, 3.8) is 0 Å². The zero-order valence-corrected chi connectivity index (χ0v) is 14.6. The van der Waals surface area contributed by atoms with Crippen LogP contribution in [0.3, 0.4) is 0 Å². The van der Waals surface area contributed by atoms with Gasteiger partial charge in [-0.15, -0.1) is 12.4 Å². The molecule has 0 aliphatic carbocycles. The highest BCUT2D eigenvalue weighted by molar-refractivity contribution is 7.89. The van der Waals surface area contributed by atoms with Crippen molar-refractivity contribution in [2.75, 3.05) is 19.6 Å². The Balaban J connectivity index is 0.00000192. The smallest absolute Gasteiger partial charge is 0.244 e. The van der Waals surface area contributed by atoms with E-state index in [-0.39, 0.29) is 18.4 Å². The predicted molar refractivity (Wildman–Crippen MR) is 95.3 cm³/mol. The standard InChI is InChI=1S/C17H20N2O2S.ClH/c1-14-13-18-11-12-19(14)22(20,21)17-10-6-5-9-16(17)15-7-3-2-4-8-15;/h2-10,14,18H,11-13H2,1H3;1H. The molecule has 0 amide bonds. The summed E-state index contributed by atoms with van der Waals surface area (Å²) in [7, 11) is -3.50. The molecular weight excluding hydrogens is 332 g/mol. The lowest BCUT2D eigenvalue weighted by Gasteiger charge is -2.33. The van der Waals surface area contributed by atoms with Gasteiger partial charge in [0.15, 0.2) is 0 Å². The van der Waals surface area contributed by atoms with E-state index in [0.29, 0.717) is 24.5 Å². The second-order valence-corrected chi connectivity index (χ2v) is 7.39. The van der Waals surface area contributed by atoms with Crippen LogP contribution < -0.4 is 5.32 Å². The molecule has 23 heavy (non-hydrogen) atoms. The second kappa shape index (κ2) is 7.45. The van der Waals surface area contributed by atoms with Crippen LogP contribution in [0.1, 0.15) is 6.92 Å². The van der Waals surface area contributed by atoms with Crippen molar-refractivity contribution in [1.82, 2.24) is 9.62 Å². The van der Waals surface area contributed by atoms with E-state index in [1.165, 1.54) is 0 Å². The third-order valence-corrected chi connectivity index (χ3v) is 6.07. The number of halogens is 1. The summed E-state index contributed by atoms with van der Waals surface area (Å²) in [5.41, 5.74) is 1.68. The summed E-state index contributed by atoms with van der Waals surface area (Å²) in [6.45, 7) is 3.82. The van der Waals surface area contributed by atoms with Crippen LogP contribution in [0, 0.1) is 0 Å². The Bertz CT molecular complexity index is 750. The lowest BCUT2D eigenvalue weighted by Crippen LogP contribution is -2.52. The van der Waals surface area contributed by atoms with E-state index in [2.05, 4.69) is 5.32 Å². The topological polar surface area (TPSA) is 49.4 Å². The van der Waals surface area contributed by atoms with Crippen molar-refractivity contribution in [3.8, 4) is 11.1 Å². The van der Waals surface area contributed by atoms with Gasteiger partial charge in [0.05, 0.1) is 4.90 Å². The summed E-state index contributed by atoms with van der Waals surface area (Å²) in [5, 5.41) is 3.23. The fraction of sp³-hybridized carbons (Fsp3) is 0.294. The SMILES string of the molecule is CC1CNCCN1S(=O)(=O)c1ccccc1-c1ccccc1.Cl. The first-order valence-electron chi connectivity index (χ1n) is 7.48. The third kappa shape index (κ3) is 3.58. The minimum Gasteiger partial charge on any atom is -0.314 e. The molecule has 2 aromatic rings. The molecule has 1 unspecified atom stereocenters. The lowest BCUT2D eigenvalue weighted by atomic mass is 10.1. The van der Waals surface area contributed by atoms with Gasteiger partial charge in [-0.1, -0.05) is 48.5 Å². The maximum Gasteiger partial charge on any atom is 0.244 e. The number of hydrogen-bond acceptors (Lipinski definition) is 3. The maximum atomic E-state index is 13.1. The first-order valence-corrected chi connectivity index (χ1v) is 8.92.